The van der Waals surface area contributed by atoms with Crippen molar-refractivity contribution >= 4 is 21.6 Å². The van der Waals surface area contributed by atoms with E-state index in [0.717, 1.165) is 24.8 Å². The van der Waals surface area contributed by atoms with Crippen molar-refractivity contribution in [3.05, 3.63) is 47.5 Å². The van der Waals surface area contributed by atoms with Gasteiger partial charge in [-0.25, -0.2) is 12.8 Å². The van der Waals surface area contributed by atoms with Crippen LogP contribution in [0.25, 0.3) is 0 Å². The van der Waals surface area contributed by atoms with Crippen LogP contribution >= 0.6 is 0 Å². The Kier molecular flexibility index (Phi) is 4.79. The van der Waals surface area contributed by atoms with Gasteiger partial charge < -0.3 is 9.47 Å². The molecule has 0 N–H and O–H groups in total. The van der Waals surface area contributed by atoms with Gasteiger partial charge in [-0.1, -0.05) is 0 Å². The lowest BCUT2D eigenvalue weighted by atomic mass is 9.96. The lowest BCUT2D eigenvalue weighted by Gasteiger charge is -2.35. The van der Waals surface area contributed by atoms with Gasteiger partial charge in [-0.15, -0.1) is 0 Å². The van der Waals surface area contributed by atoms with Gasteiger partial charge in [0.1, 0.15) is 16.4 Å². The fourth-order valence-corrected chi connectivity index (χ4v) is 5.71. The first-order valence-corrected chi connectivity index (χ1v) is 11.0. The molecule has 1 amide bonds. The second-order valence-corrected chi connectivity index (χ2v) is 9.56. The number of aromatic nitrogens is 1. The monoisotopic (exact) mass is 405 g/mol. The lowest BCUT2D eigenvalue weighted by molar-refractivity contribution is 0.0967. The summed E-state index contributed by atoms with van der Waals surface area (Å²) in [6.45, 7) is 2.99. The van der Waals surface area contributed by atoms with Crippen LogP contribution in [0.3, 0.4) is 0 Å². The van der Waals surface area contributed by atoms with Crippen LogP contribution in [-0.4, -0.2) is 42.3 Å². The van der Waals surface area contributed by atoms with E-state index in [-0.39, 0.29) is 22.7 Å². The Balaban J connectivity index is 1.71. The van der Waals surface area contributed by atoms with Gasteiger partial charge >= 0.3 is 0 Å². The Labute approximate surface area is 164 Å². The number of hydrogen-bond acceptors (Lipinski definition) is 3. The summed E-state index contributed by atoms with van der Waals surface area (Å²) in [5.74, 6) is -0.594. The van der Waals surface area contributed by atoms with Crippen molar-refractivity contribution in [2.45, 2.75) is 43.5 Å². The molecule has 150 valence electrons. The van der Waals surface area contributed by atoms with Crippen LogP contribution in [0.5, 0.6) is 0 Å². The molecule has 1 aromatic carbocycles. The van der Waals surface area contributed by atoms with Gasteiger partial charge in [-0.2, -0.15) is 4.31 Å². The highest BCUT2D eigenvalue weighted by Crippen LogP contribution is 2.33. The number of benzene rings is 1. The van der Waals surface area contributed by atoms with Crippen LogP contribution < -0.4 is 4.90 Å². The van der Waals surface area contributed by atoms with Crippen molar-refractivity contribution in [1.29, 1.82) is 0 Å². The zero-order valence-corrected chi connectivity index (χ0v) is 16.9. The molecule has 6 nitrogen and oxygen atoms in total. The quantitative estimate of drug-likeness (QED) is 0.789. The van der Waals surface area contributed by atoms with Crippen molar-refractivity contribution < 1.29 is 17.6 Å². The van der Waals surface area contributed by atoms with E-state index in [1.54, 1.807) is 22.6 Å². The molecular formula is C20H24FN3O3S. The van der Waals surface area contributed by atoms with Crippen molar-refractivity contribution in [3.63, 3.8) is 0 Å². The van der Waals surface area contributed by atoms with Gasteiger partial charge in [0.05, 0.1) is 0 Å². The molecule has 3 heterocycles. The van der Waals surface area contributed by atoms with Gasteiger partial charge in [0, 0.05) is 38.1 Å². The standard InChI is InChI=1S/C20H24FN3O3S/c1-14-5-6-15-11-16(21)7-8-18(15)24(14)20(25)19-12-17(13-22(19)2)28(26,27)23-9-3-4-10-23/h7-8,11-14H,3-6,9-10H2,1-2H3. The third kappa shape index (κ3) is 3.14. The van der Waals surface area contributed by atoms with Crippen LogP contribution in [0.2, 0.25) is 0 Å². The topological polar surface area (TPSA) is 62.6 Å². The SMILES string of the molecule is CC1CCc2cc(F)ccc2N1C(=O)c1cc(S(=O)(=O)N2CCCC2)cn1C. The van der Waals surface area contributed by atoms with E-state index in [2.05, 4.69) is 0 Å². The number of amides is 1. The van der Waals surface area contributed by atoms with E-state index in [1.165, 1.54) is 28.7 Å². The third-order valence-electron chi connectivity index (χ3n) is 5.69. The number of nitrogens with zero attached hydrogens (tertiary/aromatic N) is 3. The first kappa shape index (κ1) is 19.1. The van der Waals surface area contributed by atoms with E-state index >= 15 is 0 Å². The number of aryl methyl sites for hydroxylation is 2. The molecule has 0 bridgehead atoms. The van der Waals surface area contributed by atoms with E-state index in [1.807, 2.05) is 6.92 Å². The summed E-state index contributed by atoms with van der Waals surface area (Å²) in [7, 11) is -1.92. The minimum Gasteiger partial charge on any atom is -0.345 e. The van der Waals surface area contributed by atoms with Crippen LogP contribution in [0.4, 0.5) is 10.1 Å². The van der Waals surface area contributed by atoms with Crippen molar-refractivity contribution in [2.75, 3.05) is 18.0 Å². The predicted octanol–water partition coefficient (Wildman–Crippen LogP) is 2.93. The number of sulfonamides is 1. The smallest absolute Gasteiger partial charge is 0.275 e. The molecular weight excluding hydrogens is 381 g/mol. The Bertz CT molecular complexity index is 1030. The molecule has 8 heteroatoms. The van der Waals surface area contributed by atoms with Crippen molar-refractivity contribution in [2.24, 2.45) is 7.05 Å². The van der Waals surface area contributed by atoms with Crippen LogP contribution in [-0.2, 0) is 23.5 Å². The second kappa shape index (κ2) is 7.00. The molecule has 1 aromatic heterocycles. The summed E-state index contributed by atoms with van der Waals surface area (Å²) in [5, 5.41) is 0. The molecule has 1 saturated heterocycles. The minimum absolute atomic E-state index is 0.0565. The zero-order valence-electron chi connectivity index (χ0n) is 16.1. The van der Waals surface area contributed by atoms with E-state index in [9.17, 15) is 17.6 Å². The molecule has 4 rings (SSSR count). The summed E-state index contributed by atoms with van der Waals surface area (Å²) in [6, 6.07) is 5.85. The van der Waals surface area contributed by atoms with Gasteiger partial charge in [-0.3, -0.25) is 4.79 Å². The van der Waals surface area contributed by atoms with Gasteiger partial charge in [0.2, 0.25) is 10.0 Å². The Morgan fingerprint density at radius 2 is 1.89 bits per heavy atom. The summed E-state index contributed by atoms with van der Waals surface area (Å²) in [6.07, 6.45) is 4.65. The Morgan fingerprint density at radius 1 is 1.18 bits per heavy atom. The highest BCUT2D eigenvalue weighted by Gasteiger charge is 2.33. The number of carbonyl (C=O) groups excluding carboxylic acids is 1. The molecule has 0 aliphatic carbocycles. The van der Waals surface area contributed by atoms with Crippen LogP contribution in [0.15, 0.2) is 35.4 Å². The number of halogens is 1. The summed E-state index contributed by atoms with van der Waals surface area (Å²) >= 11 is 0. The fraction of sp³-hybridized carbons (Fsp3) is 0.450. The number of anilines is 1. The second-order valence-electron chi connectivity index (χ2n) is 7.62. The fourth-order valence-electron chi connectivity index (χ4n) is 4.12. The highest BCUT2D eigenvalue weighted by atomic mass is 32.2. The maximum absolute atomic E-state index is 13.6. The van der Waals surface area contributed by atoms with E-state index in [0.29, 0.717) is 30.9 Å². The van der Waals surface area contributed by atoms with Gasteiger partial charge in [0.25, 0.3) is 5.91 Å². The van der Waals surface area contributed by atoms with Crippen LogP contribution in [0, 0.1) is 5.82 Å². The van der Waals surface area contributed by atoms with Gasteiger partial charge in [-0.05, 0) is 62.4 Å². The van der Waals surface area contributed by atoms with Crippen LogP contribution in [0.1, 0.15) is 42.2 Å². The minimum atomic E-state index is -3.59. The molecule has 0 radical (unpaired) electrons. The maximum Gasteiger partial charge on any atom is 0.275 e. The first-order valence-electron chi connectivity index (χ1n) is 9.57. The highest BCUT2D eigenvalue weighted by molar-refractivity contribution is 7.89. The molecule has 2 aliphatic heterocycles. The number of carbonyl (C=O) groups is 1. The lowest BCUT2D eigenvalue weighted by Crippen LogP contribution is -2.42. The largest absolute Gasteiger partial charge is 0.345 e. The van der Waals surface area contributed by atoms with Crippen molar-refractivity contribution in [3.8, 4) is 0 Å². The number of hydrogen-bond donors (Lipinski definition) is 0. The van der Waals surface area contributed by atoms with Crippen molar-refractivity contribution in [1.82, 2.24) is 8.87 Å². The summed E-state index contributed by atoms with van der Waals surface area (Å²) in [4.78, 5) is 15.1. The molecule has 0 saturated carbocycles. The maximum atomic E-state index is 13.6. The Hall–Kier alpha value is -2.19. The van der Waals surface area contributed by atoms with E-state index in [4.69, 9.17) is 0 Å². The normalized spacial score (nSPS) is 20.4. The average molecular weight is 405 g/mol. The summed E-state index contributed by atoms with van der Waals surface area (Å²) < 4.78 is 42.3. The molecule has 2 aliphatic rings. The predicted molar refractivity (Wildman–Crippen MR) is 104 cm³/mol. The molecule has 28 heavy (non-hydrogen) atoms. The van der Waals surface area contributed by atoms with E-state index < -0.39 is 10.0 Å². The third-order valence-corrected chi connectivity index (χ3v) is 7.56. The Morgan fingerprint density at radius 3 is 2.61 bits per heavy atom. The number of fused-ring (bicyclic) bond motifs is 1. The zero-order chi connectivity index (χ0) is 20.1. The van der Waals surface area contributed by atoms with Gasteiger partial charge in [0.15, 0.2) is 0 Å². The molecule has 0 spiro atoms. The first-order chi connectivity index (χ1) is 13.3. The molecule has 1 atom stereocenters. The summed E-state index contributed by atoms with van der Waals surface area (Å²) in [5.41, 5.74) is 1.79. The molecule has 2 aromatic rings. The number of rotatable bonds is 3. The molecule has 1 fully saturated rings. The average Bonchev–Trinajstić information content (AvgIpc) is 3.31. The molecule has 1 unspecified atom stereocenters.